The second-order valence-electron chi connectivity index (χ2n) is 2.45. The number of carbonyl (C=O) groups excluding carboxylic acids is 1. The van der Waals surface area contributed by atoms with Crippen molar-refractivity contribution in [1.82, 2.24) is 0 Å². The summed E-state index contributed by atoms with van der Waals surface area (Å²) in [6, 6.07) is 0. The van der Waals surface area contributed by atoms with Crippen LogP contribution in [0.1, 0.15) is 0 Å². The number of aliphatic imine (C=N–C) groups is 1. The van der Waals surface area contributed by atoms with Gasteiger partial charge in [0.1, 0.15) is 9.84 Å². The highest BCUT2D eigenvalue weighted by Gasteiger charge is 1.98. The molecule has 0 radical (unpaired) electrons. The van der Waals surface area contributed by atoms with Gasteiger partial charge in [-0.25, -0.2) is 8.42 Å². The molecule has 0 bridgehead atoms. The van der Waals surface area contributed by atoms with E-state index >= 15 is 0 Å². The molecule has 0 aliphatic heterocycles. The highest BCUT2D eigenvalue weighted by molar-refractivity contribution is 7.90. The summed E-state index contributed by atoms with van der Waals surface area (Å²) in [6.45, 7) is 0.143. The van der Waals surface area contributed by atoms with Gasteiger partial charge in [-0.1, -0.05) is 0 Å². The van der Waals surface area contributed by atoms with E-state index < -0.39 is 9.84 Å². The number of sulfone groups is 1. The molecule has 0 aromatic carbocycles. The first kappa shape index (κ1) is 11.8. The van der Waals surface area contributed by atoms with Gasteiger partial charge in [0.05, 0.1) is 12.3 Å². The molecule has 0 fully saturated rings. The summed E-state index contributed by atoms with van der Waals surface area (Å²) in [7, 11) is -2.99. The van der Waals surface area contributed by atoms with Gasteiger partial charge in [-0.05, 0) is 0 Å². The lowest BCUT2D eigenvalue weighted by Gasteiger charge is -1.91. The molecule has 0 saturated carbocycles. The van der Waals surface area contributed by atoms with Crippen molar-refractivity contribution in [2.45, 2.75) is 0 Å². The molecule has 0 unspecified atom stereocenters. The third kappa shape index (κ3) is 7.20. The van der Waals surface area contributed by atoms with Gasteiger partial charge in [-0.2, -0.15) is 0 Å². The van der Waals surface area contributed by atoms with E-state index in [-0.39, 0.29) is 17.9 Å². The van der Waals surface area contributed by atoms with Gasteiger partial charge < -0.3 is 5.73 Å². The van der Waals surface area contributed by atoms with Crippen LogP contribution in [0.5, 0.6) is 0 Å². The predicted octanol–water partition coefficient (Wildman–Crippen LogP) is -0.857. The molecular formula is C7H12N2O3S. The first-order valence-electron chi connectivity index (χ1n) is 3.54. The molecule has 0 aliphatic carbocycles. The molecule has 0 heterocycles. The molecule has 13 heavy (non-hydrogen) atoms. The van der Waals surface area contributed by atoms with Crippen LogP contribution >= 0.6 is 0 Å². The van der Waals surface area contributed by atoms with Gasteiger partial charge in [0.15, 0.2) is 6.29 Å². The number of hydrogen-bond acceptors (Lipinski definition) is 5. The smallest absolute Gasteiger partial charge is 0.153 e. The number of nitrogens with zero attached hydrogens (tertiary/aromatic N) is 1. The van der Waals surface area contributed by atoms with Crippen molar-refractivity contribution >= 4 is 22.3 Å². The summed E-state index contributed by atoms with van der Waals surface area (Å²) in [5, 5.41) is 0. The largest absolute Gasteiger partial charge is 0.404 e. The van der Waals surface area contributed by atoms with Crippen LogP contribution in [0.15, 0.2) is 16.8 Å². The van der Waals surface area contributed by atoms with E-state index in [4.69, 9.17) is 5.73 Å². The van der Waals surface area contributed by atoms with Crippen LogP contribution in [-0.2, 0) is 14.6 Å². The third-order valence-corrected chi connectivity index (χ3v) is 2.08. The van der Waals surface area contributed by atoms with Crippen LogP contribution in [0.2, 0.25) is 0 Å². The molecule has 0 aliphatic rings. The van der Waals surface area contributed by atoms with Crippen molar-refractivity contribution in [3.8, 4) is 0 Å². The number of allylic oxidation sites excluding steroid dienone is 1. The highest BCUT2D eigenvalue weighted by Crippen LogP contribution is 1.85. The molecule has 0 amide bonds. The van der Waals surface area contributed by atoms with E-state index in [9.17, 15) is 13.2 Å². The molecular weight excluding hydrogens is 192 g/mol. The minimum Gasteiger partial charge on any atom is -0.404 e. The lowest BCUT2D eigenvalue weighted by Crippen LogP contribution is -2.06. The first-order chi connectivity index (χ1) is 5.99. The lowest BCUT2D eigenvalue weighted by molar-refractivity contribution is -0.104. The van der Waals surface area contributed by atoms with Crippen molar-refractivity contribution in [3.63, 3.8) is 0 Å². The molecule has 2 N–H and O–H groups in total. The summed E-state index contributed by atoms with van der Waals surface area (Å²) in [6.07, 6.45) is 4.03. The quantitative estimate of drug-likeness (QED) is 0.358. The fourth-order valence-electron chi connectivity index (χ4n) is 0.501. The van der Waals surface area contributed by atoms with E-state index in [1.54, 1.807) is 0 Å². The monoisotopic (exact) mass is 204 g/mol. The van der Waals surface area contributed by atoms with E-state index in [0.717, 1.165) is 12.5 Å². The van der Waals surface area contributed by atoms with Crippen molar-refractivity contribution < 1.29 is 13.2 Å². The standard InChI is InChI=1S/C7H12N2O3S/c1-13(11,12)3-2-9-5-7(4-8)6-10/h4-6H,2-3,8H2,1H3. The number of aldehydes is 1. The first-order valence-corrected chi connectivity index (χ1v) is 5.60. The number of hydrogen-bond donors (Lipinski definition) is 1. The molecule has 5 nitrogen and oxygen atoms in total. The zero-order valence-electron chi connectivity index (χ0n) is 7.30. The number of rotatable bonds is 5. The molecule has 0 saturated heterocycles. The molecule has 74 valence electrons. The van der Waals surface area contributed by atoms with Crippen molar-refractivity contribution in [1.29, 1.82) is 0 Å². The maximum absolute atomic E-state index is 10.6. The summed E-state index contributed by atoms with van der Waals surface area (Å²) in [5.74, 6) is -0.0276. The minimum atomic E-state index is -2.99. The Bertz CT molecular complexity index is 317. The van der Waals surface area contributed by atoms with Crippen LogP contribution in [0.3, 0.4) is 0 Å². The van der Waals surface area contributed by atoms with Gasteiger partial charge in [0.2, 0.25) is 0 Å². The second-order valence-corrected chi connectivity index (χ2v) is 4.71. The van der Waals surface area contributed by atoms with E-state index in [2.05, 4.69) is 4.99 Å². The average Bonchev–Trinajstić information content (AvgIpc) is 2.03. The third-order valence-electron chi connectivity index (χ3n) is 1.16. The Kier molecular flexibility index (Phi) is 4.98. The highest BCUT2D eigenvalue weighted by atomic mass is 32.2. The topological polar surface area (TPSA) is 89.6 Å². The summed E-state index contributed by atoms with van der Waals surface area (Å²) in [4.78, 5) is 13.9. The van der Waals surface area contributed by atoms with E-state index in [0.29, 0.717) is 6.29 Å². The average molecular weight is 204 g/mol. The lowest BCUT2D eigenvalue weighted by atomic mass is 10.3. The zero-order valence-corrected chi connectivity index (χ0v) is 8.12. The Hall–Kier alpha value is -1.17. The SMILES string of the molecule is CS(=O)(=O)CCN=CC(C=O)=CN. The Balaban J connectivity index is 3.97. The Labute approximate surface area is 77.3 Å². The molecule has 0 atom stereocenters. The van der Waals surface area contributed by atoms with Crippen molar-refractivity contribution in [3.05, 3.63) is 11.8 Å². The zero-order chi connectivity index (χ0) is 10.3. The maximum atomic E-state index is 10.6. The van der Waals surface area contributed by atoms with E-state index in [1.165, 1.54) is 6.21 Å². The van der Waals surface area contributed by atoms with Crippen molar-refractivity contribution in [2.75, 3.05) is 18.6 Å². The van der Waals surface area contributed by atoms with Gasteiger partial charge >= 0.3 is 0 Å². The number of carbonyl (C=O) groups is 1. The molecule has 0 aromatic heterocycles. The Morgan fingerprint density at radius 2 is 2.15 bits per heavy atom. The summed E-state index contributed by atoms with van der Waals surface area (Å²) in [5.41, 5.74) is 5.28. The normalized spacial score (nSPS) is 13.5. The van der Waals surface area contributed by atoms with E-state index in [1.807, 2.05) is 0 Å². The van der Waals surface area contributed by atoms with Gasteiger partial charge in [0.25, 0.3) is 0 Å². The van der Waals surface area contributed by atoms with Crippen LogP contribution in [0.25, 0.3) is 0 Å². The van der Waals surface area contributed by atoms with Crippen molar-refractivity contribution in [2.24, 2.45) is 10.7 Å². The van der Waals surface area contributed by atoms with Gasteiger partial charge in [0, 0.05) is 24.2 Å². The molecule has 0 spiro atoms. The minimum absolute atomic E-state index is 0.0276. The Morgan fingerprint density at radius 3 is 2.54 bits per heavy atom. The Morgan fingerprint density at radius 1 is 1.54 bits per heavy atom. The fraction of sp³-hybridized carbons (Fsp3) is 0.429. The summed E-state index contributed by atoms with van der Waals surface area (Å²) < 4.78 is 21.3. The second kappa shape index (κ2) is 5.47. The fourth-order valence-corrected chi connectivity index (χ4v) is 0.938. The molecule has 0 rings (SSSR count). The summed E-state index contributed by atoms with van der Waals surface area (Å²) >= 11 is 0. The molecule has 0 aromatic rings. The van der Waals surface area contributed by atoms with Crippen LogP contribution in [0, 0.1) is 0 Å². The van der Waals surface area contributed by atoms with Gasteiger partial charge in [-0.3, -0.25) is 9.79 Å². The van der Waals surface area contributed by atoms with Crippen LogP contribution < -0.4 is 5.73 Å². The predicted molar refractivity (Wildman–Crippen MR) is 51.4 cm³/mol. The number of nitrogens with two attached hydrogens (primary N) is 1. The molecule has 6 heteroatoms. The van der Waals surface area contributed by atoms with Gasteiger partial charge in [-0.15, -0.1) is 0 Å². The van der Waals surface area contributed by atoms with Crippen LogP contribution in [0.4, 0.5) is 0 Å². The maximum Gasteiger partial charge on any atom is 0.153 e. The van der Waals surface area contributed by atoms with Crippen LogP contribution in [-0.4, -0.2) is 39.5 Å².